The van der Waals surface area contributed by atoms with Crippen molar-refractivity contribution >= 4 is 87.5 Å². The molecule has 0 aliphatic heterocycles. The molecular weight excluding hydrogens is 781 g/mol. The number of aromatic nitrogens is 2. The topological polar surface area (TPSA) is 36.1 Å². The Morgan fingerprint density at radius 3 is 1.08 bits per heavy atom. The van der Waals surface area contributed by atoms with Gasteiger partial charge in [0.1, 0.15) is 22.3 Å². The molecule has 0 saturated heterocycles. The Morgan fingerprint density at radius 1 is 0.219 bits per heavy atom. The van der Waals surface area contributed by atoms with Gasteiger partial charge in [-0.05, 0) is 130 Å². The SMILES string of the molecule is c1ccc(-n2c3ccccc3c3cc(-c4cccc(-c5ccc6oc7cc8oc9ccc(-c%10ccc%11c(c%10)c%10ccccc%10n%11-c%10ccccc%10)cc9c8cc7c6c5)c4)ccc32)cc1. The minimum absolute atomic E-state index is 0.816. The average Bonchev–Trinajstić information content (AvgIpc) is 4.10. The highest BCUT2D eigenvalue weighted by atomic mass is 16.3. The van der Waals surface area contributed by atoms with Crippen LogP contribution in [0.4, 0.5) is 0 Å². The molecule has 14 aromatic rings. The van der Waals surface area contributed by atoms with Crippen LogP contribution in [0.1, 0.15) is 0 Å². The van der Waals surface area contributed by atoms with Crippen LogP contribution in [-0.2, 0) is 0 Å². The summed E-state index contributed by atoms with van der Waals surface area (Å²) in [7, 11) is 0. The zero-order chi connectivity index (χ0) is 41.9. The minimum Gasteiger partial charge on any atom is -0.456 e. The summed E-state index contributed by atoms with van der Waals surface area (Å²) in [5.74, 6) is 0. The van der Waals surface area contributed by atoms with Gasteiger partial charge in [0.15, 0.2) is 0 Å². The summed E-state index contributed by atoms with van der Waals surface area (Å²) < 4.78 is 17.7. The van der Waals surface area contributed by atoms with Gasteiger partial charge >= 0.3 is 0 Å². The van der Waals surface area contributed by atoms with Gasteiger partial charge in [-0.2, -0.15) is 0 Å². The lowest BCUT2D eigenvalue weighted by atomic mass is 9.97. The fourth-order valence-corrected chi connectivity index (χ4v) is 10.3. The predicted octanol–water partition coefficient (Wildman–Crippen LogP) is 16.7. The van der Waals surface area contributed by atoms with Crippen molar-refractivity contribution in [3.63, 3.8) is 0 Å². The van der Waals surface area contributed by atoms with E-state index >= 15 is 0 Å². The van der Waals surface area contributed by atoms with E-state index in [4.69, 9.17) is 8.83 Å². The van der Waals surface area contributed by atoms with Crippen LogP contribution in [0.5, 0.6) is 0 Å². The molecule has 4 aromatic heterocycles. The molecule has 0 atom stereocenters. The Bertz CT molecular complexity index is 4180. The van der Waals surface area contributed by atoms with Crippen molar-refractivity contribution in [3.8, 4) is 44.8 Å². The first-order valence-corrected chi connectivity index (χ1v) is 21.8. The molecule has 10 aromatic carbocycles. The number of fused-ring (bicyclic) bond motifs is 12. The van der Waals surface area contributed by atoms with Crippen LogP contribution in [-0.4, -0.2) is 9.13 Å². The van der Waals surface area contributed by atoms with Gasteiger partial charge in [0.2, 0.25) is 0 Å². The molecule has 14 rings (SSSR count). The average molecular weight is 817 g/mol. The summed E-state index contributed by atoms with van der Waals surface area (Å²) in [6.07, 6.45) is 0. The van der Waals surface area contributed by atoms with E-state index in [0.29, 0.717) is 0 Å². The normalized spacial score (nSPS) is 12.1. The van der Waals surface area contributed by atoms with E-state index in [1.54, 1.807) is 0 Å². The largest absolute Gasteiger partial charge is 0.456 e. The Hall–Kier alpha value is -8.60. The molecular formula is C60H36N2O2. The van der Waals surface area contributed by atoms with E-state index in [2.05, 4.69) is 228 Å². The Morgan fingerprint density at radius 2 is 0.594 bits per heavy atom. The number of hydrogen-bond donors (Lipinski definition) is 0. The number of benzene rings is 10. The molecule has 0 bridgehead atoms. The number of furan rings is 2. The van der Waals surface area contributed by atoms with Crippen LogP contribution in [0.15, 0.2) is 227 Å². The number of nitrogens with zero attached hydrogens (tertiary/aromatic N) is 2. The fourth-order valence-electron chi connectivity index (χ4n) is 10.3. The third-order valence-corrected chi connectivity index (χ3v) is 13.3. The van der Waals surface area contributed by atoms with Crippen LogP contribution in [0, 0.1) is 0 Å². The van der Waals surface area contributed by atoms with Crippen LogP contribution in [0.2, 0.25) is 0 Å². The van der Waals surface area contributed by atoms with Gasteiger partial charge in [0, 0.05) is 60.5 Å². The molecule has 0 spiro atoms. The van der Waals surface area contributed by atoms with E-state index in [0.717, 1.165) is 71.9 Å². The van der Waals surface area contributed by atoms with Gasteiger partial charge in [-0.3, -0.25) is 0 Å². The third kappa shape index (κ3) is 5.23. The summed E-state index contributed by atoms with van der Waals surface area (Å²) in [5, 5.41) is 9.28. The highest BCUT2D eigenvalue weighted by molar-refractivity contribution is 6.17. The maximum atomic E-state index is 6.49. The number of para-hydroxylation sites is 4. The third-order valence-electron chi connectivity index (χ3n) is 13.3. The standard InChI is InChI=1S/C60H36N2O2/c1-3-14-43(15-4-1)61-53-20-9-7-18-45(53)47-31-39(22-26-55(47)61)37-12-11-13-38(30-37)41-24-28-57-49(33-41)51-35-52-50-34-42(25-29-58(50)64-60(52)36-59(51)63-57)40-23-27-56-48(32-40)46-19-8-10-21-54(46)62(56)44-16-5-2-6-17-44/h1-36H. The van der Waals surface area contributed by atoms with Crippen LogP contribution < -0.4 is 0 Å². The van der Waals surface area contributed by atoms with Crippen LogP contribution in [0.3, 0.4) is 0 Å². The summed E-state index contributed by atoms with van der Waals surface area (Å²) in [4.78, 5) is 0. The molecule has 4 heterocycles. The van der Waals surface area contributed by atoms with Gasteiger partial charge in [0.25, 0.3) is 0 Å². The number of rotatable bonds is 5. The molecule has 0 aliphatic carbocycles. The molecule has 0 saturated carbocycles. The van der Waals surface area contributed by atoms with E-state index in [1.807, 2.05) is 0 Å². The second-order valence-corrected chi connectivity index (χ2v) is 16.9. The molecule has 0 N–H and O–H groups in total. The van der Waals surface area contributed by atoms with Gasteiger partial charge in [0.05, 0.1) is 22.1 Å². The fraction of sp³-hybridized carbons (Fsp3) is 0. The van der Waals surface area contributed by atoms with Crippen molar-refractivity contribution in [1.29, 1.82) is 0 Å². The zero-order valence-electron chi connectivity index (χ0n) is 34.5. The summed E-state index contributed by atoms with van der Waals surface area (Å²) >= 11 is 0. The molecule has 0 unspecified atom stereocenters. The molecule has 0 radical (unpaired) electrons. The summed E-state index contributed by atoms with van der Waals surface area (Å²) in [5.41, 5.74) is 17.4. The molecule has 64 heavy (non-hydrogen) atoms. The number of hydrogen-bond acceptors (Lipinski definition) is 2. The van der Waals surface area contributed by atoms with Crippen molar-refractivity contribution in [2.45, 2.75) is 0 Å². The Balaban J connectivity index is 0.854. The van der Waals surface area contributed by atoms with Crippen molar-refractivity contribution < 1.29 is 8.83 Å². The van der Waals surface area contributed by atoms with Crippen LogP contribution in [0.25, 0.3) is 132 Å². The first-order chi connectivity index (χ1) is 31.7. The van der Waals surface area contributed by atoms with Gasteiger partial charge in [-0.25, -0.2) is 0 Å². The van der Waals surface area contributed by atoms with Crippen molar-refractivity contribution in [3.05, 3.63) is 218 Å². The maximum absolute atomic E-state index is 6.49. The molecule has 0 aliphatic rings. The second-order valence-electron chi connectivity index (χ2n) is 16.9. The first-order valence-electron chi connectivity index (χ1n) is 21.8. The van der Waals surface area contributed by atoms with Gasteiger partial charge in [-0.15, -0.1) is 0 Å². The van der Waals surface area contributed by atoms with Crippen molar-refractivity contribution in [2.75, 3.05) is 0 Å². The van der Waals surface area contributed by atoms with E-state index in [1.165, 1.54) is 60.3 Å². The predicted molar refractivity (Wildman–Crippen MR) is 266 cm³/mol. The Labute approximate surface area is 367 Å². The van der Waals surface area contributed by atoms with Crippen molar-refractivity contribution in [1.82, 2.24) is 9.13 Å². The molecule has 0 amide bonds. The lowest BCUT2D eigenvalue weighted by Crippen LogP contribution is -1.92. The highest BCUT2D eigenvalue weighted by Gasteiger charge is 2.18. The summed E-state index contributed by atoms with van der Waals surface area (Å²) in [6.45, 7) is 0. The lowest BCUT2D eigenvalue weighted by molar-refractivity contribution is 0.656. The summed E-state index contributed by atoms with van der Waals surface area (Å²) in [6, 6.07) is 78.6. The van der Waals surface area contributed by atoms with Crippen molar-refractivity contribution in [2.24, 2.45) is 0 Å². The second kappa shape index (κ2) is 13.4. The quantitative estimate of drug-likeness (QED) is 0.173. The van der Waals surface area contributed by atoms with E-state index in [9.17, 15) is 0 Å². The maximum Gasteiger partial charge on any atom is 0.139 e. The lowest BCUT2D eigenvalue weighted by Gasteiger charge is -2.09. The van der Waals surface area contributed by atoms with E-state index in [-0.39, 0.29) is 0 Å². The minimum atomic E-state index is 0.816. The first kappa shape index (κ1) is 35.0. The van der Waals surface area contributed by atoms with Crippen LogP contribution >= 0.6 is 0 Å². The highest BCUT2D eigenvalue weighted by Crippen LogP contribution is 2.42. The molecule has 4 nitrogen and oxygen atoms in total. The Kier molecular flexibility index (Phi) is 7.36. The monoisotopic (exact) mass is 816 g/mol. The zero-order valence-corrected chi connectivity index (χ0v) is 34.5. The molecule has 4 heteroatoms. The molecule has 298 valence electrons. The van der Waals surface area contributed by atoms with E-state index < -0.39 is 0 Å². The molecule has 0 fully saturated rings. The smallest absolute Gasteiger partial charge is 0.139 e. The van der Waals surface area contributed by atoms with Gasteiger partial charge < -0.3 is 18.0 Å². The van der Waals surface area contributed by atoms with Gasteiger partial charge in [-0.1, -0.05) is 115 Å².